The van der Waals surface area contributed by atoms with Crippen LogP contribution >= 0.6 is 0 Å². The van der Waals surface area contributed by atoms with Gasteiger partial charge in [-0.1, -0.05) is 18.2 Å². The van der Waals surface area contributed by atoms with Crippen molar-refractivity contribution in [3.63, 3.8) is 0 Å². The standard InChI is InChI=1S/C22H27N3O4/c1-27-16-22(26)23-15-21-24-19-10-3-4-11-20(19)25(21)12-5-6-13-29-18-9-7-8-17(14-18)28-2/h3-4,7-11,14H,5-6,12-13,15-16H2,1-2H3,(H,23,26). The number of unbranched alkanes of at least 4 members (excludes halogenated alkanes) is 1. The van der Waals surface area contributed by atoms with E-state index < -0.39 is 0 Å². The van der Waals surface area contributed by atoms with E-state index >= 15 is 0 Å². The Morgan fingerprint density at radius 2 is 1.90 bits per heavy atom. The number of nitrogens with one attached hydrogen (secondary N) is 1. The van der Waals surface area contributed by atoms with Gasteiger partial charge in [0.25, 0.3) is 0 Å². The van der Waals surface area contributed by atoms with E-state index in [0.717, 1.165) is 47.7 Å². The van der Waals surface area contributed by atoms with Gasteiger partial charge in [0, 0.05) is 19.7 Å². The second-order valence-corrected chi connectivity index (χ2v) is 6.61. The number of nitrogens with zero attached hydrogens (tertiary/aromatic N) is 2. The van der Waals surface area contributed by atoms with E-state index in [1.54, 1.807) is 7.11 Å². The molecular weight excluding hydrogens is 370 g/mol. The molecule has 1 N–H and O–H groups in total. The molecule has 2 aromatic carbocycles. The first-order valence-electron chi connectivity index (χ1n) is 9.68. The highest BCUT2D eigenvalue weighted by atomic mass is 16.5. The largest absolute Gasteiger partial charge is 0.497 e. The molecule has 0 saturated carbocycles. The summed E-state index contributed by atoms with van der Waals surface area (Å²) in [6.45, 7) is 1.84. The van der Waals surface area contributed by atoms with Gasteiger partial charge < -0.3 is 24.1 Å². The van der Waals surface area contributed by atoms with Crippen LogP contribution in [0.1, 0.15) is 18.7 Å². The number of imidazole rings is 1. The Balaban J connectivity index is 1.56. The highest BCUT2D eigenvalue weighted by molar-refractivity contribution is 5.78. The average molecular weight is 397 g/mol. The minimum absolute atomic E-state index is 0.0435. The third-order valence-corrected chi connectivity index (χ3v) is 4.54. The van der Waals surface area contributed by atoms with Crippen LogP contribution in [-0.4, -0.2) is 42.9 Å². The maximum atomic E-state index is 11.7. The number of aromatic nitrogens is 2. The molecule has 0 aliphatic rings. The first kappa shape index (κ1) is 20.7. The summed E-state index contributed by atoms with van der Waals surface area (Å²) in [4.78, 5) is 16.4. The zero-order valence-corrected chi connectivity index (χ0v) is 16.9. The number of hydrogen-bond donors (Lipinski definition) is 1. The summed E-state index contributed by atoms with van der Waals surface area (Å²) in [6, 6.07) is 15.6. The zero-order chi connectivity index (χ0) is 20.5. The number of para-hydroxylation sites is 2. The predicted molar refractivity (Wildman–Crippen MR) is 111 cm³/mol. The number of amides is 1. The summed E-state index contributed by atoms with van der Waals surface area (Å²) in [5, 5.41) is 2.85. The van der Waals surface area contributed by atoms with Crippen molar-refractivity contribution in [2.45, 2.75) is 25.9 Å². The van der Waals surface area contributed by atoms with Gasteiger partial charge >= 0.3 is 0 Å². The molecule has 3 rings (SSSR count). The summed E-state index contributed by atoms with van der Waals surface area (Å²) in [5.74, 6) is 2.27. The molecule has 0 bridgehead atoms. The number of aryl methyl sites for hydroxylation is 1. The number of carbonyl (C=O) groups excluding carboxylic acids is 1. The average Bonchev–Trinajstić information content (AvgIpc) is 3.10. The van der Waals surface area contributed by atoms with Crippen LogP contribution in [0, 0.1) is 0 Å². The smallest absolute Gasteiger partial charge is 0.246 e. The molecular formula is C22H27N3O4. The topological polar surface area (TPSA) is 74.6 Å². The normalized spacial score (nSPS) is 10.8. The van der Waals surface area contributed by atoms with Crippen LogP contribution < -0.4 is 14.8 Å². The van der Waals surface area contributed by atoms with Gasteiger partial charge in [-0.2, -0.15) is 0 Å². The number of methoxy groups -OCH3 is 2. The molecule has 0 radical (unpaired) electrons. The van der Waals surface area contributed by atoms with Crippen molar-refractivity contribution in [2.24, 2.45) is 0 Å². The van der Waals surface area contributed by atoms with E-state index in [1.807, 2.05) is 42.5 Å². The Bertz CT molecular complexity index is 939. The monoisotopic (exact) mass is 397 g/mol. The molecule has 1 aromatic heterocycles. The van der Waals surface area contributed by atoms with Crippen LogP contribution in [0.25, 0.3) is 11.0 Å². The zero-order valence-electron chi connectivity index (χ0n) is 16.9. The van der Waals surface area contributed by atoms with Gasteiger partial charge in [0.15, 0.2) is 0 Å². The maximum Gasteiger partial charge on any atom is 0.246 e. The molecule has 1 heterocycles. The lowest BCUT2D eigenvalue weighted by Crippen LogP contribution is -2.28. The van der Waals surface area contributed by atoms with Gasteiger partial charge in [-0.05, 0) is 37.1 Å². The highest BCUT2D eigenvalue weighted by Crippen LogP contribution is 2.20. The number of carbonyl (C=O) groups is 1. The van der Waals surface area contributed by atoms with Gasteiger partial charge in [-0.15, -0.1) is 0 Å². The molecule has 0 saturated heterocycles. The fourth-order valence-corrected chi connectivity index (χ4v) is 3.12. The molecule has 0 atom stereocenters. The Labute approximate surface area is 170 Å². The third kappa shape index (κ3) is 5.71. The minimum Gasteiger partial charge on any atom is -0.497 e. The number of hydrogen-bond acceptors (Lipinski definition) is 5. The number of ether oxygens (including phenoxy) is 3. The molecule has 0 aliphatic heterocycles. The molecule has 154 valence electrons. The Morgan fingerprint density at radius 3 is 2.72 bits per heavy atom. The fourth-order valence-electron chi connectivity index (χ4n) is 3.12. The molecule has 0 spiro atoms. The van der Waals surface area contributed by atoms with E-state index in [0.29, 0.717) is 13.2 Å². The maximum absolute atomic E-state index is 11.7. The van der Waals surface area contributed by atoms with Crippen LogP contribution in [-0.2, 0) is 22.6 Å². The van der Waals surface area contributed by atoms with Crippen LogP contribution in [0.2, 0.25) is 0 Å². The lowest BCUT2D eigenvalue weighted by molar-refractivity contribution is -0.124. The third-order valence-electron chi connectivity index (χ3n) is 4.54. The molecule has 3 aromatic rings. The van der Waals surface area contributed by atoms with Crippen molar-refractivity contribution in [3.05, 3.63) is 54.4 Å². The highest BCUT2D eigenvalue weighted by Gasteiger charge is 2.11. The summed E-state index contributed by atoms with van der Waals surface area (Å²) in [7, 11) is 3.15. The number of fused-ring (bicyclic) bond motifs is 1. The van der Waals surface area contributed by atoms with Crippen molar-refractivity contribution in [3.8, 4) is 11.5 Å². The van der Waals surface area contributed by atoms with E-state index in [9.17, 15) is 4.79 Å². The van der Waals surface area contributed by atoms with Crippen molar-refractivity contribution in [1.82, 2.24) is 14.9 Å². The fraction of sp³-hybridized carbons (Fsp3) is 0.364. The van der Waals surface area contributed by atoms with Gasteiger partial charge in [0.1, 0.15) is 23.9 Å². The van der Waals surface area contributed by atoms with E-state index in [2.05, 4.69) is 20.9 Å². The van der Waals surface area contributed by atoms with Gasteiger partial charge in [0.05, 0.1) is 31.3 Å². The van der Waals surface area contributed by atoms with Gasteiger partial charge in [-0.25, -0.2) is 4.98 Å². The van der Waals surface area contributed by atoms with E-state index in [-0.39, 0.29) is 12.5 Å². The summed E-state index contributed by atoms with van der Waals surface area (Å²) in [5.41, 5.74) is 1.99. The van der Waals surface area contributed by atoms with Crippen LogP contribution in [0.5, 0.6) is 11.5 Å². The Morgan fingerprint density at radius 1 is 1.07 bits per heavy atom. The lowest BCUT2D eigenvalue weighted by atomic mass is 10.3. The predicted octanol–water partition coefficient (Wildman–Crippen LogP) is 3.17. The van der Waals surface area contributed by atoms with Gasteiger partial charge in [-0.3, -0.25) is 4.79 Å². The lowest BCUT2D eigenvalue weighted by Gasteiger charge is -2.11. The quantitative estimate of drug-likeness (QED) is 0.503. The SMILES string of the molecule is COCC(=O)NCc1nc2ccccc2n1CCCCOc1cccc(OC)c1. The van der Waals surface area contributed by atoms with E-state index in [1.165, 1.54) is 7.11 Å². The molecule has 7 nitrogen and oxygen atoms in total. The number of rotatable bonds is 11. The second kappa shape index (κ2) is 10.5. The molecule has 7 heteroatoms. The Hall–Kier alpha value is -3.06. The van der Waals surface area contributed by atoms with Crippen LogP contribution in [0.15, 0.2) is 48.5 Å². The van der Waals surface area contributed by atoms with Crippen molar-refractivity contribution in [2.75, 3.05) is 27.4 Å². The van der Waals surface area contributed by atoms with Crippen LogP contribution in [0.3, 0.4) is 0 Å². The Kier molecular flexibility index (Phi) is 7.47. The molecule has 29 heavy (non-hydrogen) atoms. The molecule has 0 unspecified atom stereocenters. The summed E-state index contributed by atoms with van der Waals surface area (Å²) < 4.78 is 18.1. The molecule has 0 aliphatic carbocycles. The van der Waals surface area contributed by atoms with Crippen LogP contribution in [0.4, 0.5) is 0 Å². The molecule has 0 fully saturated rings. The van der Waals surface area contributed by atoms with Gasteiger partial charge in [0.2, 0.25) is 5.91 Å². The first-order valence-corrected chi connectivity index (χ1v) is 9.68. The van der Waals surface area contributed by atoms with Crippen molar-refractivity contribution in [1.29, 1.82) is 0 Å². The summed E-state index contributed by atoms with van der Waals surface area (Å²) in [6.07, 6.45) is 1.84. The van der Waals surface area contributed by atoms with Crippen molar-refractivity contribution < 1.29 is 19.0 Å². The molecule has 1 amide bonds. The van der Waals surface area contributed by atoms with Crippen molar-refractivity contribution >= 4 is 16.9 Å². The first-order chi connectivity index (χ1) is 14.2. The summed E-state index contributed by atoms with van der Waals surface area (Å²) >= 11 is 0. The van der Waals surface area contributed by atoms with E-state index in [4.69, 9.17) is 14.2 Å². The minimum atomic E-state index is -0.155. The second-order valence-electron chi connectivity index (χ2n) is 6.61. The number of benzene rings is 2.